The summed E-state index contributed by atoms with van der Waals surface area (Å²) in [5.41, 5.74) is 0.346. The maximum absolute atomic E-state index is 12.9. The van der Waals surface area contributed by atoms with Crippen LogP contribution in [0.4, 0.5) is 10.1 Å². The van der Waals surface area contributed by atoms with E-state index >= 15 is 0 Å². The van der Waals surface area contributed by atoms with Gasteiger partial charge < -0.3 is 0 Å². The van der Waals surface area contributed by atoms with E-state index in [1.54, 1.807) is 0 Å². The maximum atomic E-state index is 12.9. The lowest BCUT2D eigenvalue weighted by Gasteiger charge is -2.17. The van der Waals surface area contributed by atoms with Crippen LogP contribution in [0.3, 0.4) is 0 Å². The summed E-state index contributed by atoms with van der Waals surface area (Å²) in [5, 5.41) is 0. The number of hydrogen-bond acceptors (Lipinski definition) is 2. The van der Waals surface area contributed by atoms with Gasteiger partial charge in [0, 0.05) is 17.6 Å². The lowest BCUT2D eigenvalue weighted by Crippen LogP contribution is -2.33. The molecule has 1 saturated heterocycles. The van der Waals surface area contributed by atoms with E-state index in [2.05, 4.69) is 20.7 Å². The summed E-state index contributed by atoms with van der Waals surface area (Å²) in [4.78, 5) is 0. The average Bonchev–Trinajstić information content (AvgIpc) is 2.76. The Morgan fingerprint density at radius 1 is 1.29 bits per heavy atom. The highest BCUT2D eigenvalue weighted by Gasteiger charge is 2.25. The van der Waals surface area contributed by atoms with Crippen molar-refractivity contribution in [2.75, 3.05) is 17.8 Å². The molecular weight excluding hydrogens is 311 g/mol. The topological polar surface area (TPSA) is 49.4 Å². The first-order chi connectivity index (χ1) is 7.99. The van der Waals surface area contributed by atoms with Gasteiger partial charge in [-0.15, -0.1) is 0 Å². The number of anilines is 1. The number of benzene rings is 1. The van der Waals surface area contributed by atoms with E-state index in [-0.39, 0.29) is 0 Å². The van der Waals surface area contributed by atoms with E-state index in [1.807, 2.05) is 0 Å². The molecule has 4 nitrogen and oxygen atoms in total. The molecule has 1 heterocycles. The third kappa shape index (κ3) is 2.97. The Kier molecular flexibility index (Phi) is 3.70. The van der Waals surface area contributed by atoms with Gasteiger partial charge in [0.05, 0.1) is 5.69 Å². The number of hydrogen-bond donors (Lipinski definition) is 1. The summed E-state index contributed by atoms with van der Waals surface area (Å²) in [7, 11) is -3.52. The van der Waals surface area contributed by atoms with Gasteiger partial charge in [-0.3, -0.25) is 4.72 Å². The van der Waals surface area contributed by atoms with Crippen molar-refractivity contribution in [1.29, 1.82) is 0 Å². The van der Waals surface area contributed by atoms with Crippen LogP contribution in [0, 0.1) is 5.82 Å². The monoisotopic (exact) mass is 322 g/mol. The van der Waals surface area contributed by atoms with Crippen molar-refractivity contribution in [2.45, 2.75) is 12.8 Å². The third-order valence-electron chi connectivity index (χ3n) is 2.58. The van der Waals surface area contributed by atoms with Crippen molar-refractivity contribution in [2.24, 2.45) is 0 Å². The molecule has 2 rings (SSSR count). The Morgan fingerprint density at radius 3 is 2.53 bits per heavy atom. The van der Waals surface area contributed by atoms with Crippen LogP contribution in [0.1, 0.15) is 12.8 Å². The van der Waals surface area contributed by atoms with Crippen LogP contribution >= 0.6 is 15.9 Å². The number of nitrogens with one attached hydrogen (secondary N) is 1. The van der Waals surface area contributed by atoms with Crippen molar-refractivity contribution in [3.8, 4) is 0 Å². The molecule has 1 aliphatic heterocycles. The van der Waals surface area contributed by atoms with Crippen LogP contribution in [0.25, 0.3) is 0 Å². The standard InChI is InChI=1S/C10H12BrFN2O2S/c11-9-7-8(12)3-4-10(9)13-17(15,16)14-5-1-2-6-14/h3-4,7,13H,1-2,5-6H2. The predicted molar refractivity (Wildman–Crippen MR) is 67.4 cm³/mol. The van der Waals surface area contributed by atoms with Gasteiger partial charge in [0.2, 0.25) is 0 Å². The summed E-state index contributed by atoms with van der Waals surface area (Å²) < 4.78 is 41.0. The summed E-state index contributed by atoms with van der Waals surface area (Å²) in [6, 6.07) is 3.83. The molecule has 0 unspecified atom stereocenters. The minimum atomic E-state index is -3.52. The molecular formula is C10H12BrFN2O2S. The van der Waals surface area contributed by atoms with Gasteiger partial charge in [0.25, 0.3) is 0 Å². The number of halogens is 2. The first-order valence-corrected chi connectivity index (χ1v) is 7.45. The van der Waals surface area contributed by atoms with E-state index in [9.17, 15) is 12.8 Å². The first-order valence-electron chi connectivity index (χ1n) is 5.22. The number of rotatable bonds is 3. The van der Waals surface area contributed by atoms with E-state index in [4.69, 9.17) is 0 Å². The third-order valence-corrected chi connectivity index (χ3v) is 4.75. The lowest BCUT2D eigenvalue weighted by molar-refractivity contribution is 0.482. The largest absolute Gasteiger partial charge is 0.301 e. The van der Waals surface area contributed by atoms with Crippen molar-refractivity contribution < 1.29 is 12.8 Å². The second-order valence-corrected chi connectivity index (χ2v) is 6.36. The second kappa shape index (κ2) is 4.91. The van der Waals surface area contributed by atoms with E-state index in [0.29, 0.717) is 23.2 Å². The highest BCUT2D eigenvalue weighted by atomic mass is 79.9. The zero-order chi connectivity index (χ0) is 12.5. The fourth-order valence-electron chi connectivity index (χ4n) is 1.70. The van der Waals surface area contributed by atoms with Crippen molar-refractivity contribution in [3.63, 3.8) is 0 Å². The quantitative estimate of drug-likeness (QED) is 0.928. The maximum Gasteiger partial charge on any atom is 0.301 e. The summed E-state index contributed by atoms with van der Waals surface area (Å²) in [6.07, 6.45) is 1.76. The average molecular weight is 323 g/mol. The molecule has 1 aromatic rings. The molecule has 17 heavy (non-hydrogen) atoms. The molecule has 0 aromatic heterocycles. The van der Waals surface area contributed by atoms with E-state index < -0.39 is 16.0 Å². The molecule has 0 radical (unpaired) electrons. The van der Waals surface area contributed by atoms with Gasteiger partial charge >= 0.3 is 10.2 Å². The lowest BCUT2D eigenvalue weighted by atomic mass is 10.3. The molecule has 1 aliphatic rings. The normalized spacial score (nSPS) is 17.3. The Labute approximate surface area is 108 Å². The van der Waals surface area contributed by atoms with Crippen LogP contribution in [0.15, 0.2) is 22.7 Å². The Bertz CT molecular complexity index is 515. The summed E-state index contributed by atoms with van der Waals surface area (Å²) in [5.74, 6) is -0.416. The van der Waals surface area contributed by atoms with Crippen LogP contribution in [0.2, 0.25) is 0 Å². The fraction of sp³-hybridized carbons (Fsp3) is 0.400. The molecule has 0 aliphatic carbocycles. The second-order valence-electron chi connectivity index (χ2n) is 3.84. The molecule has 1 N–H and O–H groups in total. The SMILES string of the molecule is O=S(=O)(Nc1ccc(F)cc1Br)N1CCCC1. The van der Waals surface area contributed by atoms with Gasteiger partial charge in [-0.2, -0.15) is 12.7 Å². The minimum absolute atomic E-state index is 0.346. The van der Waals surface area contributed by atoms with Crippen LogP contribution in [-0.4, -0.2) is 25.8 Å². The molecule has 7 heteroatoms. The van der Waals surface area contributed by atoms with Crippen molar-refractivity contribution in [1.82, 2.24) is 4.31 Å². The van der Waals surface area contributed by atoms with Gasteiger partial charge in [-0.05, 0) is 47.0 Å². The Balaban J connectivity index is 2.19. The van der Waals surface area contributed by atoms with Gasteiger partial charge in [-0.1, -0.05) is 0 Å². The molecule has 94 valence electrons. The Morgan fingerprint density at radius 2 is 1.94 bits per heavy atom. The van der Waals surface area contributed by atoms with Gasteiger partial charge in [0.15, 0.2) is 0 Å². The predicted octanol–water partition coefficient (Wildman–Crippen LogP) is 2.34. The molecule has 0 amide bonds. The van der Waals surface area contributed by atoms with Gasteiger partial charge in [-0.25, -0.2) is 4.39 Å². The first kappa shape index (κ1) is 12.8. The summed E-state index contributed by atoms with van der Waals surface area (Å²) >= 11 is 3.12. The van der Waals surface area contributed by atoms with Crippen molar-refractivity contribution in [3.05, 3.63) is 28.5 Å². The highest BCUT2D eigenvalue weighted by molar-refractivity contribution is 9.10. The van der Waals surface area contributed by atoms with E-state index in [0.717, 1.165) is 12.8 Å². The minimum Gasteiger partial charge on any atom is -0.270 e. The fourth-order valence-corrected chi connectivity index (χ4v) is 3.61. The van der Waals surface area contributed by atoms with Gasteiger partial charge in [0.1, 0.15) is 5.82 Å². The summed E-state index contributed by atoms with van der Waals surface area (Å²) in [6.45, 7) is 1.07. The molecule has 0 atom stereocenters. The van der Waals surface area contributed by atoms with Crippen LogP contribution in [0.5, 0.6) is 0 Å². The zero-order valence-electron chi connectivity index (χ0n) is 8.99. The van der Waals surface area contributed by atoms with Crippen LogP contribution < -0.4 is 4.72 Å². The zero-order valence-corrected chi connectivity index (χ0v) is 11.4. The van der Waals surface area contributed by atoms with Crippen LogP contribution in [-0.2, 0) is 10.2 Å². The molecule has 0 spiro atoms. The molecule has 0 bridgehead atoms. The molecule has 0 saturated carbocycles. The van der Waals surface area contributed by atoms with Crippen molar-refractivity contribution >= 4 is 31.8 Å². The molecule has 1 aromatic carbocycles. The number of nitrogens with zero attached hydrogens (tertiary/aromatic N) is 1. The smallest absolute Gasteiger partial charge is 0.270 e. The van der Waals surface area contributed by atoms with E-state index in [1.165, 1.54) is 22.5 Å². The Hall–Kier alpha value is -0.660. The highest BCUT2D eigenvalue weighted by Crippen LogP contribution is 2.25. The molecule has 1 fully saturated rings.